The Kier molecular flexibility index (Phi) is 6.06. The van der Waals surface area contributed by atoms with Crippen molar-refractivity contribution in [1.29, 1.82) is 0 Å². The van der Waals surface area contributed by atoms with Gasteiger partial charge in [0.2, 0.25) is 0 Å². The Labute approximate surface area is 173 Å². The molecule has 1 aromatic heterocycles. The number of aromatic nitrogens is 1. The van der Waals surface area contributed by atoms with Gasteiger partial charge in [0.05, 0.1) is 11.3 Å². The molecule has 0 amide bonds. The van der Waals surface area contributed by atoms with Gasteiger partial charge in [-0.1, -0.05) is 18.2 Å². The molecule has 0 saturated heterocycles. The molecule has 31 heavy (non-hydrogen) atoms. The third-order valence-electron chi connectivity index (χ3n) is 4.32. The number of benzene rings is 2. The van der Waals surface area contributed by atoms with Crippen LogP contribution in [0, 0.1) is 0 Å². The number of carbonyl (C=O) groups is 1. The molecule has 3 aromatic rings. The van der Waals surface area contributed by atoms with Gasteiger partial charge in [0.1, 0.15) is 12.3 Å². The minimum absolute atomic E-state index is 0.0210. The maximum atomic E-state index is 13.0. The summed E-state index contributed by atoms with van der Waals surface area (Å²) < 4.78 is 82.6. The number of carbonyl (C=O) groups excluding carboxylic acids is 1. The predicted octanol–water partition coefficient (Wildman–Crippen LogP) is 6.52. The van der Waals surface area contributed by atoms with E-state index in [-0.39, 0.29) is 12.3 Å². The highest BCUT2D eigenvalue weighted by molar-refractivity contribution is 5.73. The summed E-state index contributed by atoms with van der Waals surface area (Å²) >= 11 is 0. The van der Waals surface area contributed by atoms with E-state index in [1.807, 2.05) is 0 Å². The lowest BCUT2D eigenvalue weighted by molar-refractivity contribution is -0.142. The second-order valence-electron chi connectivity index (χ2n) is 6.68. The van der Waals surface area contributed by atoms with Crippen LogP contribution in [0.1, 0.15) is 23.7 Å². The van der Waals surface area contributed by atoms with Gasteiger partial charge in [-0.15, -0.1) is 0 Å². The molecule has 0 saturated carbocycles. The molecule has 0 radical (unpaired) electrons. The highest BCUT2D eigenvalue weighted by Crippen LogP contribution is 2.34. The zero-order valence-electron chi connectivity index (χ0n) is 16.0. The standard InChI is InChI=1S/C22H15F6NO2/c1-13(30)31-12-14-9-16(15-5-7-18(8-6-15)21(23,24)25)11-17(10-14)19-3-2-4-20(29-19)22(26,27)28/h2-11H,12H2,1H3. The molecule has 0 spiro atoms. The third kappa shape index (κ3) is 5.62. The van der Waals surface area contributed by atoms with E-state index in [9.17, 15) is 31.1 Å². The molecule has 0 aliphatic heterocycles. The number of nitrogens with zero attached hydrogens (tertiary/aromatic N) is 1. The van der Waals surface area contributed by atoms with E-state index in [2.05, 4.69) is 4.98 Å². The van der Waals surface area contributed by atoms with Crippen molar-refractivity contribution in [3.05, 3.63) is 77.5 Å². The molecule has 2 aromatic carbocycles. The molecule has 0 N–H and O–H groups in total. The number of hydrogen-bond donors (Lipinski definition) is 0. The van der Waals surface area contributed by atoms with E-state index in [1.54, 1.807) is 6.07 Å². The Hall–Kier alpha value is -3.36. The molecule has 162 valence electrons. The minimum atomic E-state index is -4.64. The monoisotopic (exact) mass is 439 g/mol. The molecule has 0 atom stereocenters. The number of hydrogen-bond acceptors (Lipinski definition) is 3. The molecule has 3 nitrogen and oxygen atoms in total. The van der Waals surface area contributed by atoms with Crippen molar-refractivity contribution in [2.45, 2.75) is 25.9 Å². The number of ether oxygens (including phenoxy) is 1. The molecular formula is C22H15F6NO2. The quantitative estimate of drug-likeness (QED) is 0.343. The van der Waals surface area contributed by atoms with Crippen LogP contribution in [0.4, 0.5) is 26.3 Å². The van der Waals surface area contributed by atoms with Crippen molar-refractivity contribution in [3.8, 4) is 22.4 Å². The van der Waals surface area contributed by atoms with Gasteiger partial charge in [-0.05, 0) is 59.2 Å². The SMILES string of the molecule is CC(=O)OCc1cc(-c2ccc(C(F)(F)F)cc2)cc(-c2cccc(C(F)(F)F)n2)c1. The Morgan fingerprint density at radius 3 is 2.06 bits per heavy atom. The molecule has 0 unspecified atom stereocenters. The Balaban J connectivity index is 2.08. The van der Waals surface area contributed by atoms with Crippen LogP contribution in [0.3, 0.4) is 0 Å². The van der Waals surface area contributed by atoms with E-state index < -0.39 is 29.6 Å². The summed E-state index contributed by atoms with van der Waals surface area (Å²) in [6, 6.07) is 12.4. The fourth-order valence-corrected chi connectivity index (χ4v) is 2.88. The highest BCUT2D eigenvalue weighted by atomic mass is 19.4. The Morgan fingerprint density at radius 1 is 0.839 bits per heavy atom. The van der Waals surface area contributed by atoms with Gasteiger partial charge in [0, 0.05) is 12.5 Å². The van der Waals surface area contributed by atoms with Crippen molar-refractivity contribution >= 4 is 5.97 Å². The van der Waals surface area contributed by atoms with Crippen molar-refractivity contribution in [2.24, 2.45) is 0 Å². The Bertz CT molecular complexity index is 1090. The number of pyridine rings is 1. The zero-order chi connectivity index (χ0) is 22.8. The van der Waals surface area contributed by atoms with Crippen LogP contribution in [-0.4, -0.2) is 11.0 Å². The van der Waals surface area contributed by atoms with E-state index >= 15 is 0 Å². The molecule has 9 heteroatoms. The number of esters is 1. The lowest BCUT2D eigenvalue weighted by Gasteiger charge is -2.13. The second-order valence-corrected chi connectivity index (χ2v) is 6.68. The van der Waals surface area contributed by atoms with Gasteiger partial charge in [-0.2, -0.15) is 26.3 Å². The van der Waals surface area contributed by atoms with Crippen LogP contribution in [0.25, 0.3) is 22.4 Å². The lowest BCUT2D eigenvalue weighted by atomic mass is 9.97. The summed E-state index contributed by atoms with van der Waals surface area (Å²) in [5.74, 6) is -0.557. The van der Waals surface area contributed by atoms with Crippen molar-refractivity contribution in [1.82, 2.24) is 4.98 Å². The summed E-state index contributed by atoms with van der Waals surface area (Å²) in [7, 11) is 0. The first kappa shape index (κ1) is 22.3. The van der Waals surface area contributed by atoms with Crippen molar-refractivity contribution in [2.75, 3.05) is 0 Å². The van der Waals surface area contributed by atoms with Crippen LogP contribution >= 0.6 is 0 Å². The van der Waals surface area contributed by atoms with E-state index in [1.165, 1.54) is 43.3 Å². The van der Waals surface area contributed by atoms with Crippen molar-refractivity contribution < 1.29 is 35.9 Å². The van der Waals surface area contributed by atoms with Crippen LogP contribution in [-0.2, 0) is 28.5 Å². The molecule has 0 aliphatic rings. The fraction of sp³-hybridized carbons (Fsp3) is 0.182. The van der Waals surface area contributed by atoms with E-state index in [0.717, 1.165) is 18.2 Å². The zero-order valence-corrected chi connectivity index (χ0v) is 16.0. The van der Waals surface area contributed by atoms with Gasteiger partial charge in [-0.25, -0.2) is 4.98 Å². The summed E-state index contributed by atoms with van der Waals surface area (Å²) in [6.07, 6.45) is -9.13. The molecule has 0 aliphatic carbocycles. The first-order chi connectivity index (χ1) is 14.4. The first-order valence-corrected chi connectivity index (χ1v) is 8.93. The number of halogens is 6. The van der Waals surface area contributed by atoms with Crippen molar-refractivity contribution in [3.63, 3.8) is 0 Å². The number of alkyl halides is 6. The maximum absolute atomic E-state index is 13.0. The maximum Gasteiger partial charge on any atom is 0.433 e. The third-order valence-corrected chi connectivity index (χ3v) is 4.32. The molecule has 0 bridgehead atoms. The van der Waals surface area contributed by atoms with Gasteiger partial charge in [0.15, 0.2) is 0 Å². The van der Waals surface area contributed by atoms with Gasteiger partial charge < -0.3 is 4.74 Å². The van der Waals surface area contributed by atoms with Crippen LogP contribution < -0.4 is 0 Å². The summed E-state index contributed by atoms with van der Waals surface area (Å²) in [4.78, 5) is 14.8. The topological polar surface area (TPSA) is 39.2 Å². The van der Waals surface area contributed by atoms with Gasteiger partial charge >= 0.3 is 18.3 Å². The summed E-state index contributed by atoms with van der Waals surface area (Å²) in [5.41, 5.74) is -0.294. The van der Waals surface area contributed by atoms with Crippen LogP contribution in [0.5, 0.6) is 0 Å². The highest BCUT2D eigenvalue weighted by Gasteiger charge is 2.32. The van der Waals surface area contributed by atoms with E-state index in [0.29, 0.717) is 22.3 Å². The predicted molar refractivity (Wildman–Crippen MR) is 101 cm³/mol. The Morgan fingerprint density at radius 2 is 1.48 bits per heavy atom. The summed E-state index contributed by atoms with van der Waals surface area (Å²) in [6.45, 7) is 1.05. The lowest BCUT2D eigenvalue weighted by Crippen LogP contribution is -2.08. The molecule has 1 heterocycles. The largest absolute Gasteiger partial charge is 0.461 e. The van der Waals surface area contributed by atoms with Gasteiger partial charge in [-0.3, -0.25) is 4.79 Å². The molecule has 3 rings (SSSR count). The average molecular weight is 439 g/mol. The minimum Gasteiger partial charge on any atom is -0.461 e. The van der Waals surface area contributed by atoms with Gasteiger partial charge in [0.25, 0.3) is 0 Å². The summed E-state index contributed by atoms with van der Waals surface area (Å²) in [5, 5.41) is 0. The average Bonchev–Trinajstić information content (AvgIpc) is 2.71. The van der Waals surface area contributed by atoms with Crippen LogP contribution in [0.2, 0.25) is 0 Å². The van der Waals surface area contributed by atoms with Crippen LogP contribution in [0.15, 0.2) is 60.7 Å². The fourth-order valence-electron chi connectivity index (χ4n) is 2.88. The number of rotatable bonds is 4. The molecule has 0 fully saturated rings. The van der Waals surface area contributed by atoms with E-state index in [4.69, 9.17) is 4.74 Å². The first-order valence-electron chi connectivity index (χ1n) is 8.93. The normalized spacial score (nSPS) is 12.0. The second kappa shape index (κ2) is 8.41. The smallest absolute Gasteiger partial charge is 0.433 e. The molecular weight excluding hydrogens is 424 g/mol.